The number of ether oxygens (including phenoxy) is 1. The van der Waals surface area contributed by atoms with Gasteiger partial charge in [0.1, 0.15) is 23.2 Å². The van der Waals surface area contributed by atoms with Gasteiger partial charge in [-0.1, -0.05) is 6.42 Å². The van der Waals surface area contributed by atoms with Crippen LogP contribution in [0.1, 0.15) is 25.7 Å². The SMILES string of the molecule is N[C@@H]1CCC[C@H](C(=O)Nc2cc(-c3ccc(F)cc3OC(F)F)c(F)cn2)C1. The third kappa shape index (κ3) is 4.78. The predicted octanol–water partition coefficient (Wildman–Crippen LogP) is 4.08. The number of alkyl halides is 2. The Balaban J connectivity index is 1.87. The van der Waals surface area contributed by atoms with Crippen LogP contribution in [0.3, 0.4) is 0 Å². The van der Waals surface area contributed by atoms with Crippen molar-refractivity contribution in [2.24, 2.45) is 11.7 Å². The number of aromatic nitrogens is 1. The van der Waals surface area contributed by atoms with Gasteiger partial charge >= 0.3 is 6.61 Å². The topological polar surface area (TPSA) is 77.2 Å². The van der Waals surface area contributed by atoms with E-state index in [-0.39, 0.29) is 34.8 Å². The van der Waals surface area contributed by atoms with Gasteiger partial charge in [0, 0.05) is 29.2 Å². The molecule has 1 aliphatic rings. The molecule has 1 aliphatic carbocycles. The molecule has 1 aromatic carbocycles. The van der Waals surface area contributed by atoms with E-state index in [1.807, 2.05) is 0 Å². The Morgan fingerprint density at radius 2 is 2.00 bits per heavy atom. The van der Waals surface area contributed by atoms with E-state index in [0.29, 0.717) is 12.8 Å². The minimum atomic E-state index is -3.21. The molecule has 1 heterocycles. The fourth-order valence-electron chi connectivity index (χ4n) is 3.32. The number of hydrogen-bond donors (Lipinski definition) is 2. The molecule has 1 fully saturated rings. The van der Waals surface area contributed by atoms with Crippen molar-refractivity contribution in [3.05, 3.63) is 42.1 Å². The Morgan fingerprint density at radius 3 is 2.71 bits per heavy atom. The fourth-order valence-corrected chi connectivity index (χ4v) is 3.32. The highest BCUT2D eigenvalue weighted by Gasteiger charge is 2.26. The average Bonchev–Trinajstić information content (AvgIpc) is 2.63. The summed E-state index contributed by atoms with van der Waals surface area (Å²) in [6, 6.07) is 4.01. The molecule has 1 amide bonds. The van der Waals surface area contributed by atoms with E-state index in [9.17, 15) is 22.4 Å². The summed E-state index contributed by atoms with van der Waals surface area (Å²) >= 11 is 0. The van der Waals surface area contributed by atoms with Crippen LogP contribution in [-0.4, -0.2) is 23.5 Å². The molecule has 0 saturated heterocycles. The van der Waals surface area contributed by atoms with E-state index in [1.54, 1.807) is 0 Å². The van der Waals surface area contributed by atoms with Crippen molar-refractivity contribution in [1.29, 1.82) is 0 Å². The number of carbonyl (C=O) groups excluding carboxylic acids is 1. The number of benzene rings is 1. The lowest BCUT2D eigenvalue weighted by Gasteiger charge is -2.25. The number of carbonyl (C=O) groups is 1. The molecule has 3 N–H and O–H groups in total. The monoisotopic (exact) mass is 397 g/mol. The van der Waals surface area contributed by atoms with Crippen molar-refractivity contribution in [1.82, 2.24) is 4.98 Å². The van der Waals surface area contributed by atoms with E-state index < -0.39 is 24.0 Å². The van der Waals surface area contributed by atoms with E-state index in [2.05, 4.69) is 15.0 Å². The maximum absolute atomic E-state index is 14.3. The second-order valence-electron chi connectivity index (χ2n) is 6.68. The first kappa shape index (κ1) is 20.1. The first-order valence-electron chi connectivity index (χ1n) is 8.80. The quantitative estimate of drug-likeness (QED) is 0.746. The molecule has 9 heteroatoms. The number of halogens is 4. The minimum Gasteiger partial charge on any atom is -0.434 e. The van der Waals surface area contributed by atoms with Crippen LogP contribution in [-0.2, 0) is 4.79 Å². The normalized spacial score (nSPS) is 19.5. The summed E-state index contributed by atoms with van der Waals surface area (Å²) in [5.74, 6) is -2.67. The summed E-state index contributed by atoms with van der Waals surface area (Å²) in [6.45, 7) is -3.21. The minimum absolute atomic E-state index is 0.0468. The van der Waals surface area contributed by atoms with Gasteiger partial charge in [-0.25, -0.2) is 13.8 Å². The summed E-state index contributed by atoms with van der Waals surface area (Å²) in [6.07, 6.45) is 3.79. The molecule has 1 aromatic heterocycles. The zero-order valence-electron chi connectivity index (χ0n) is 14.8. The van der Waals surface area contributed by atoms with Gasteiger partial charge in [-0.2, -0.15) is 8.78 Å². The maximum Gasteiger partial charge on any atom is 0.387 e. The summed E-state index contributed by atoms with van der Waals surface area (Å²) in [7, 11) is 0. The smallest absolute Gasteiger partial charge is 0.387 e. The molecule has 1 saturated carbocycles. The summed E-state index contributed by atoms with van der Waals surface area (Å²) < 4.78 is 57.2. The molecule has 2 atom stereocenters. The van der Waals surface area contributed by atoms with Crippen molar-refractivity contribution >= 4 is 11.7 Å². The number of nitrogens with two attached hydrogens (primary N) is 1. The first-order chi connectivity index (χ1) is 13.3. The van der Waals surface area contributed by atoms with Gasteiger partial charge in [-0.15, -0.1) is 0 Å². The number of pyridine rings is 1. The third-order valence-electron chi connectivity index (χ3n) is 4.64. The highest BCUT2D eigenvalue weighted by molar-refractivity contribution is 5.92. The predicted molar refractivity (Wildman–Crippen MR) is 94.8 cm³/mol. The van der Waals surface area contributed by atoms with Gasteiger partial charge in [0.2, 0.25) is 5.91 Å². The maximum atomic E-state index is 14.3. The molecular weight excluding hydrogens is 378 g/mol. The van der Waals surface area contributed by atoms with Crippen molar-refractivity contribution in [2.45, 2.75) is 38.3 Å². The van der Waals surface area contributed by atoms with Gasteiger partial charge in [-0.05, 0) is 37.5 Å². The van der Waals surface area contributed by atoms with Crippen LogP contribution in [0.15, 0.2) is 30.5 Å². The fraction of sp³-hybridized carbons (Fsp3) is 0.368. The van der Waals surface area contributed by atoms with Crippen LogP contribution in [0.2, 0.25) is 0 Å². The molecule has 0 bridgehead atoms. The van der Waals surface area contributed by atoms with Crippen LogP contribution in [0.4, 0.5) is 23.4 Å². The van der Waals surface area contributed by atoms with Crippen LogP contribution >= 0.6 is 0 Å². The van der Waals surface area contributed by atoms with Crippen LogP contribution in [0.5, 0.6) is 5.75 Å². The number of nitrogens with one attached hydrogen (secondary N) is 1. The molecule has 5 nitrogen and oxygen atoms in total. The van der Waals surface area contributed by atoms with Crippen LogP contribution < -0.4 is 15.8 Å². The van der Waals surface area contributed by atoms with Gasteiger partial charge in [0.25, 0.3) is 0 Å². The van der Waals surface area contributed by atoms with Crippen LogP contribution in [0, 0.1) is 17.6 Å². The van der Waals surface area contributed by atoms with Crippen molar-refractivity contribution in [3.63, 3.8) is 0 Å². The zero-order chi connectivity index (χ0) is 20.3. The van der Waals surface area contributed by atoms with Crippen molar-refractivity contribution in [2.75, 3.05) is 5.32 Å². The first-order valence-corrected chi connectivity index (χ1v) is 8.80. The number of rotatable bonds is 5. The summed E-state index contributed by atoms with van der Waals surface area (Å²) in [4.78, 5) is 16.3. The van der Waals surface area contributed by atoms with Gasteiger partial charge in [-0.3, -0.25) is 4.79 Å². The lowest BCUT2D eigenvalue weighted by molar-refractivity contribution is -0.120. The number of amides is 1. The Labute approximate surface area is 158 Å². The number of anilines is 1. The molecule has 0 unspecified atom stereocenters. The Morgan fingerprint density at radius 1 is 1.21 bits per heavy atom. The standard InChI is InChI=1S/C19H19F4N3O2/c20-11-4-5-13(16(7-11)28-19(22)23)14-8-17(25-9-15(14)21)26-18(27)10-2-1-3-12(24)6-10/h4-5,7-10,12,19H,1-3,6,24H2,(H,25,26,27)/t10-,12+/m0/s1. The molecule has 3 rings (SSSR count). The number of hydrogen-bond acceptors (Lipinski definition) is 4. The van der Waals surface area contributed by atoms with E-state index >= 15 is 0 Å². The highest BCUT2D eigenvalue weighted by atomic mass is 19.3. The second-order valence-corrected chi connectivity index (χ2v) is 6.68. The molecular formula is C19H19F4N3O2. The average molecular weight is 397 g/mol. The third-order valence-corrected chi connectivity index (χ3v) is 4.64. The molecule has 0 aliphatic heterocycles. The van der Waals surface area contributed by atoms with Crippen LogP contribution in [0.25, 0.3) is 11.1 Å². The van der Waals surface area contributed by atoms with E-state index in [0.717, 1.165) is 37.2 Å². The molecule has 2 aromatic rings. The summed E-state index contributed by atoms with van der Waals surface area (Å²) in [5, 5.41) is 2.61. The lowest BCUT2D eigenvalue weighted by atomic mass is 9.85. The Bertz CT molecular complexity index is 863. The molecule has 150 valence electrons. The zero-order valence-corrected chi connectivity index (χ0v) is 14.8. The van der Waals surface area contributed by atoms with E-state index in [4.69, 9.17) is 5.73 Å². The highest BCUT2D eigenvalue weighted by Crippen LogP contribution is 2.34. The van der Waals surface area contributed by atoms with Gasteiger partial charge < -0.3 is 15.8 Å². The van der Waals surface area contributed by atoms with Crippen molar-refractivity contribution in [3.8, 4) is 16.9 Å². The van der Waals surface area contributed by atoms with Crippen molar-refractivity contribution < 1.29 is 27.1 Å². The Kier molecular flexibility index (Phi) is 6.13. The second kappa shape index (κ2) is 8.55. The summed E-state index contributed by atoms with van der Waals surface area (Å²) in [5.41, 5.74) is 5.66. The van der Waals surface area contributed by atoms with Gasteiger partial charge in [0.15, 0.2) is 0 Å². The Hall–Kier alpha value is -2.68. The largest absolute Gasteiger partial charge is 0.434 e. The van der Waals surface area contributed by atoms with E-state index in [1.165, 1.54) is 6.07 Å². The molecule has 28 heavy (non-hydrogen) atoms. The van der Waals surface area contributed by atoms with Gasteiger partial charge in [0.05, 0.1) is 6.20 Å². The molecule has 0 radical (unpaired) electrons. The lowest BCUT2D eigenvalue weighted by Crippen LogP contribution is -2.34. The number of nitrogens with zero attached hydrogens (tertiary/aromatic N) is 1. The molecule has 0 spiro atoms.